The number of rotatable bonds is 7. The van der Waals surface area contributed by atoms with Gasteiger partial charge in [0.05, 0.1) is 17.9 Å². The number of carbonyl (C=O) groups excluding carboxylic acids is 1. The molecule has 2 heterocycles. The van der Waals surface area contributed by atoms with Gasteiger partial charge in [-0.15, -0.1) is 0 Å². The van der Waals surface area contributed by atoms with E-state index in [2.05, 4.69) is 40.2 Å². The molecular formula is C25H30N4O3S. The van der Waals surface area contributed by atoms with E-state index in [-0.39, 0.29) is 24.1 Å². The first-order chi connectivity index (χ1) is 15.9. The van der Waals surface area contributed by atoms with Gasteiger partial charge < -0.3 is 4.57 Å². The Labute approximate surface area is 195 Å². The Hall–Kier alpha value is -2.97. The predicted octanol–water partition coefficient (Wildman–Crippen LogP) is 3.51. The number of fused-ring (bicyclic) bond motifs is 1. The van der Waals surface area contributed by atoms with Gasteiger partial charge >= 0.3 is 0 Å². The van der Waals surface area contributed by atoms with Gasteiger partial charge in [0.2, 0.25) is 15.9 Å². The Morgan fingerprint density at radius 3 is 2.73 bits per heavy atom. The third-order valence-corrected chi connectivity index (χ3v) is 8.16. The Kier molecular flexibility index (Phi) is 6.95. The van der Waals surface area contributed by atoms with E-state index in [4.69, 9.17) is 0 Å². The van der Waals surface area contributed by atoms with E-state index < -0.39 is 10.0 Å². The van der Waals surface area contributed by atoms with E-state index >= 15 is 0 Å². The molecule has 0 spiro atoms. The normalized spacial score (nSPS) is 17.6. The van der Waals surface area contributed by atoms with Crippen molar-refractivity contribution in [2.75, 3.05) is 18.8 Å². The molecule has 2 aromatic carbocycles. The number of benzene rings is 2. The molecule has 0 bridgehead atoms. The molecule has 33 heavy (non-hydrogen) atoms. The average Bonchev–Trinajstić information content (AvgIpc) is 3.18. The van der Waals surface area contributed by atoms with Crippen LogP contribution in [0.2, 0.25) is 0 Å². The van der Waals surface area contributed by atoms with Gasteiger partial charge in [-0.2, -0.15) is 5.10 Å². The van der Waals surface area contributed by atoms with Crippen LogP contribution in [0.1, 0.15) is 36.5 Å². The monoisotopic (exact) mass is 466 g/mol. The third-order valence-electron chi connectivity index (χ3n) is 6.31. The second kappa shape index (κ2) is 9.89. The van der Waals surface area contributed by atoms with Gasteiger partial charge in [-0.3, -0.25) is 4.79 Å². The van der Waals surface area contributed by atoms with Crippen molar-refractivity contribution in [2.24, 2.45) is 11.0 Å². The summed E-state index contributed by atoms with van der Waals surface area (Å²) < 4.78 is 27.9. The second-order valence-corrected chi connectivity index (χ2v) is 10.7. The predicted molar refractivity (Wildman–Crippen MR) is 132 cm³/mol. The number of hydrogen-bond acceptors (Lipinski definition) is 4. The Morgan fingerprint density at radius 1 is 1.18 bits per heavy atom. The largest absolute Gasteiger partial charge is 0.342 e. The molecule has 1 aromatic heterocycles. The second-order valence-electron chi connectivity index (χ2n) is 8.49. The summed E-state index contributed by atoms with van der Waals surface area (Å²) in [6.07, 6.45) is 5.04. The summed E-state index contributed by atoms with van der Waals surface area (Å²) in [5.74, 6) is -0.586. The van der Waals surface area contributed by atoms with Crippen molar-refractivity contribution >= 4 is 33.0 Å². The van der Waals surface area contributed by atoms with Gasteiger partial charge in [0, 0.05) is 42.3 Å². The molecule has 1 N–H and O–H groups in total. The molecule has 3 aromatic rings. The standard InChI is InChI=1S/C25H30N4O3S/c1-3-33(31,32)29-14-8-11-21(18-29)25(30)27-26-15-22-17-28(24-13-7-6-12-23(22)24)16-20-10-5-4-9-19(20)2/h4-7,9-10,12-13,15,17,21H,3,8,11,14,16,18H2,1-2H3,(H,27,30). The zero-order valence-corrected chi connectivity index (χ0v) is 19.9. The quantitative estimate of drug-likeness (QED) is 0.427. The number of hydrogen-bond donors (Lipinski definition) is 1. The van der Waals surface area contributed by atoms with Gasteiger partial charge in [-0.1, -0.05) is 42.5 Å². The van der Waals surface area contributed by atoms with E-state index in [1.807, 2.05) is 36.5 Å². The van der Waals surface area contributed by atoms with Crippen molar-refractivity contribution < 1.29 is 13.2 Å². The van der Waals surface area contributed by atoms with E-state index in [9.17, 15) is 13.2 Å². The van der Waals surface area contributed by atoms with Crippen LogP contribution in [0.25, 0.3) is 10.9 Å². The Bertz CT molecular complexity index is 1280. The number of carbonyl (C=O) groups is 1. The fourth-order valence-corrected chi connectivity index (χ4v) is 5.51. The smallest absolute Gasteiger partial charge is 0.244 e. The first-order valence-electron chi connectivity index (χ1n) is 11.3. The van der Waals surface area contributed by atoms with Crippen molar-refractivity contribution in [1.82, 2.24) is 14.3 Å². The summed E-state index contributed by atoms with van der Waals surface area (Å²) in [6, 6.07) is 16.4. The number of nitrogens with zero attached hydrogens (tertiary/aromatic N) is 3. The number of hydrazone groups is 1. The van der Waals surface area contributed by atoms with E-state index in [1.165, 1.54) is 15.4 Å². The fraction of sp³-hybridized carbons (Fsp3) is 0.360. The summed E-state index contributed by atoms with van der Waals surface area (Å²) in [5, 5.41) is 5.26. The summed E-state index contributed by atoms with van der Waals surface area (Å²) >= 11 is 0. The number of sulfonamides is 1. The number of aromatic nitrogens is 1. The molecule has 1 saturated heterocycles. The SMILES string of the molecule is CCS(=O)(=O)N1CCCC(C(=O)NN=Cc2cn(Cc3ccccc3C)c3ccccc23)C1. The molecule has 1 aliphatic heterocycles. The number of nitrogens with one attached hydrogen (secondary N) is 1. The van der Waals surface area contributed by atoms with Crippen molar-refractivity contribution in [3.63, 3.8) is 0 Å². The maximum absolute atomic E-state index is 12.6. The summed E-state index contributed by atoms with van der Waals surface area (Å²) in [4.78, 5) is 12.6. The lowest BCUT2D eigenvalue weighted by Crippen LogP contribution is -2.45. The lowest BCUT2D eigenvalue weighted by molar-refractivity contribution is -0.126. The summed E-state index contributed by atoms with van der Waals surface area (Å²) in [6.45, 7) is 5.17. The minimum atomic E-state index is -3.29. The minimum absolute atomic E-state index is 0.0477. The lowest BCUT2D eigenvalue weighted by atomic mass is 9.99. The average molecular weight is 467 g/mol. The highest BCUT2D eigenvalue weighted by Gasteiger charge is 2.31. The highest BCUT2D eigenvalue weighted by molar-refractivity contribution is 7.89. The minimum Gasteiger partial charge on any atom is -0.342 e. The molecule has 0 radical (unpaired) electrons. The van der Waals surface area contributed by atoms with Crippen LogP contribution in [0.3, 0.4) is 0 Å². The summed E-state index contributed by atoms with van der Waals surface area (Å²) in [5.41, 5.74) is 7.13. The molecule has 174 valence electrons. The highest BCUT2D eigenvalue weighted by Crippen LogP contribution is 2.23. The van der Waals surface area contributed by atoms with Crippen LogP contribution in [-0.4, -0.2) is 48.3 Å². The molecule has 4 rings (SSSR count). The van der Waals surface area contributed by atoms with Gasteiger partial charge in [-0.25, -0.2) is 18.1 Å². The molecule has 1 aliphatic rings. The van der Waals surface area contributed by atoms with Crippen LogP contribution >= 0.6 is 0 Å². The maximum Gasteiger partial charge on any atom is 0.244 e. The number of amides is 1. The topological polar surface area (TPSA) is 83.8 Å². The van der Waals surface area contributed by atoms with Crippen LogP contribution in [0.5, 0.6) is 0 Å². The lowest BCUT2D eigenvalue weighted by Gasteiger charge is -2.30. The molecule has 8 heteroatoms. The van der Waals surface area contributed by atoms with E-state index in [0.717, 1.165) is 23.0 Å². The molecular weight excluding hydrogens is 436 g/mol. The number of piperidine rings is 1. The first kappa shape index (κ1) is 23.2. The zero-order valence-electron chi connectivity index (χ0n) is 19.1. The van der Waals surface area contributed by atoms with Crippen molar-refractivity contribution in [3.8, 4) is 0 Å². The van der Waals surface area contributed by atoms with Crippen LogP contribution in [0.15, 0.2) is 59.8 Å². The third kappa shape index (κ3) is 5.17. The van der Waals surface area contributed by atoms with E-state index in [0.29, 0.717) is 19.4 Å². The van der Waals surface area contributed by atoms with E-state index in [1.54, 1.807) is 13.1 Å². The van der Waals surface area contributed by atoms with Crippen LogP contribution in [0.4, 0.5) is 0 Å². The van der Waals surface area contributed by atoms with Crippen LogP contribution in [-0.2, 0) is 21.4 Å². The van der Waals surface area contributed by atoms with Crippen molar-refractivity contribution in [1.29, 1.82) is 0 Å². The molecule has 0 aliphatic carbocycles. The highest BCUT2D eigenvalue weighted by atomic mass is 32.2. The molecule has 1 amide bonds. The number of para-hydroxylation sites is 1. The van der Waals surface area contributed by atoms with Crippen molar-refractivity contribution in [2.45, 2.75) is 33.2 Å². The molecule has 1 fully saturated rings. The Balaban J connectivity index is 1.48. The molecule has 1 unspecified atom stereocenters. The molecule has 7 nitrogen and oxygen atoms in total. The van der Waals surface area contributed by atoms with Gasteiger partial charge in [0.15, 0.2) is 0 Å². The van der Waals surface area contributed by atoms with Gasteiger partial charge in [0.1, 0.15) is 0 Å². The zero-order chi connectivity index (χ0) is 23.4. The van der Waals surface area contributed by atoms with Gasteiger partial charge in [0.25, 0.3) is 0 Å². The van der Waals surface area contributed by atoms with Crippen LogP contribution < -0.4 is 5.43 Å². The fourth-order valence-electron chi connectivity index (χ4n) is 4.33. The molecule has 0 saturated carbocycles. The van der Waals surface area contributed by atoms with Gasteiger partial charge in [-0.05, 0) is 43.9 Å². The van der Waals surface area contributed by atoms with Crippen molar-refractivity contribution in [3.05, 3.63) is 71.4 Å². The first-order valence-corrected chi connectivity index (χ1v) is 12.9. The number of aryl methyl sites for hydroxylation is 1. The Morgan fingerprint density at radius 2 is 1.94 bits per heavy atom. The summed E-state index contributed by atoms with van der Waals surface area (Å²) in [7, 11) is -3.29. The van der Waals surface area contributed by atoms with Crippen LogP contribution in [0, 0.1) is 12.8 Å². The molecule has 1 atom stereocenters. The maximum atomic E-state index is 12.6.